The molecule has 0 radical (unpaired) electrons. The highest BCUT2D eigenvalue weighted by Crippen LogP contribution is 2.28. The Bertz CT molecular complexity index is 1110. The van der Waals surface area contributed by atoms with Gasteiger partial charge in [-0.15, -0.1) is 0 Å². The van der Waals surface area contributed by atoms with Gasteiger partial charge in [0.1, 0.15) is 6.09 Å². The Morgan fingerprint density at radius 2 is 1.62 bits per heavy atom. The van der Waals surface area contributed by atoms with Crippen LogP contribution in [0.4, 0.5) is 4.79 Å². The first-order chi connectivity index (χ1) is 15.5. The summed E-state index contributed by atoms with van der Waals surface area (Å²) >= 11 is 0. The number of fused-ring (bicyclic) bond motifs is 1. The van der Waals surface area contributed by atoms with Crippen molar-refractivity contribution < 1.29 is 24.6 Å². The van der Waals surface area contributed by atoms with Crippen molar-refractivity contribution in [3.8, 4) is 11.3 Å². The van der Waals surface area contributed by atoms with Crippen molar-refractivity contribution >= 4 is 22.9 Å². The van der Waals surface area contributed by atoms with Gasteiger partial charge in [-0.2, -0.15) is 0 Å². The summed E-state index contributed by atoms with van der Waals surface area (Å²) in [4.78, 5) is 28.4. The molecule has 0 spiro atoms. The van der Waals surface area contributed by atoms with E-state index in [-0.39, 0.29) is 5.91 Å². The molecule has 1 aromatic carbocycles. The molecule has 8 heteroatoms. The van der Waals surface area contributed by atoms with Gasteiger partial charge in [0, 0.05) is 40.9 Å². The van der Waals surface area contributed by atoms with Gasteiger partial charge in [-0.3, -0.25) is 10.0 Å². The van der Waals surface area contributed by atoms with Crippen molar-refractivity contribution in [1.82, 2.24) is 15.6 Å². The second-order valence-electron chi connectivity index (χ2n) is 8.30. The topological polar surface area (TPSA) is 118 Å². The molecule has 1 saturated carbocycles. The molecule has 0 saturated heterocycles. The lowest BCUT2D eigenvalue weighted by molar-refractivity contribution is -0.904. The van der Waals surface area contributed by atoms with E-state index in [1.165, 1.54) is 12.4 Å². The minimum Gasteiger partial charge on any atom is -0.530 e. The third-order valence-electron chi connectivity index (χ3n) is 6.12. The Hall–Kier alpha value is -3.68. The predicted molar refractivity (Wildman–Crippen MR) is 116 cm³/mol. The van der Waals surface area contributed by atoms with E-state index in [2.05, 4.69) is 15.6 Å². The number of hydrogen-bond donors (Lipinski definition) is 3. The second-order valence-corrected chi connectivity index (χ2v) is 8.30. The molecule has 8 nitrogen and oxygen atoms in total. The van der Waals surface area contributed by atoms with Crippen molar-refractivity contribution in [2.45, 2.75) is 25.7 Å². The molecular weight excluding hydrogens is 408 g/mol. The summed E-state index contributed by atoms with van der Waals surface area (Å²) < 4.78 is 0.960. The molecule has 0 atom stereocenters. The zero-order chi connectivity index (χ0) is 22.5. The maximum Gasteiger partial charge on any atom is 0.252 e. The summed E-state index contributed by atoms with van der Waals surface area (Å²) in [7, 11) is 0. The quantitative estimate of drug-likeness (QED) is 0.405. The van der Waals surface area contributed by atoms with Crippen LogP contribution in [0.2, 0.25) is 0 Å². The van der Waals surface area contributed by atoms with E-state index < -0.39 is 6.09 Å². The number of carbonyl (C=O) groups is 2. The normalized spacial score (nSPS) is 18.2. The van der Waals surface area contributed by atoms with E-state index in [4.69, 9.17) is 0 Å². The number of aromatic nitrogens is 2. The fourth-order valence-electron chi connectivity index (χ4n) is 4.30. The molecule has 1 fully saturated rings. The van der Waals surface area contributed by atoms with Crippen molar-refractivity contribution in [2.24, 2.45) is 11.8 Å². The van der Waals surface area contributed by atoms with Gasteiger partial charge in [-0.25, -0.2) is 4.98 Å². The molecule has 4 rings (SSSR count). The zero-order valence-corrected chi connectivity index (χ0v) is 17.7. The smallest absolute Gasteiger partial charge is 0.252 e. The Morgan fingerprint density at radius 1 is 1.00 bits per heavy atom. The third kappa shape index (κ3) is 5.14. The lowest BCUT2D eigenvalue weighted by Gasteiger charge is -2.29. The van der Waals surface area contributed by atoms with E-state index >= 15 is 0 Å². The number of nitrogens with one attached hydrogen (secondary N) is 2. The number of carbonyl (C=O) groups excluding carboxylic acids is 2. The highest BCUT2D eigenvalue weighted by Gasteiger charge is 2.22. The van der Waals surface area contributed by atoms with Gasteiger partial charge in [-0.1, -0.05) is 18.2 Å². The molecule has 0 bridgehead atoms. The van der Waals surface area contributed by atoms with Gasteiger partial charge >= 0.3 is 0 Å². The van der Waals surface area contributed by atoms with Crippen molar-refractivity contribution in [1.29, 1.82) is 0 Å². The fraction of sp³-hybridized carbons (Fsp3) is 0.333. The Labute approximate surface area is 185 Å². The molecule has 1 aliphatic carbocycles. The van der Waals surface area contributed by atoms with E-state index in [9.17, 15) is 19.9 Å². The van der Waals surface area contributed by atoms with Crippen LogP contribution in [0.3, 0.4) is 0 Å². The number of benzene rings is 1. The van der Waals surface area contributed by atoms with Gasteiger partial charge in [0.25, 0.3) is 5.91 Å². The molecule has 0 unspecified atom stereocenters. The van der Waals surface area contributed by atoms with Crippen LogP contribution in [0.5, 0.6) is 0 Å². The highest BCUT2D eigenvalue weighted by molar-refractivity contribution is 6.07. The molecule has 2 heterocycles. The number of pyridine rings is 2. The summed E-state index contributed by atoms with van der Waals surface area (Å²) in [6.45, 7) is 1.02. The molecule has 1 aliphatic rings. The minimum atomic E-state index is -1.23. The average molecular weight is 434 g/mol. The van der Waals surface area contributed by atoms with E-state index in [1.807, 2.05) is 24.3 Å². The second kappa shape index (κ2) is 9.64. The monoisotopic (exact) mass is 434 g/mol. The number of hydrogen-bond acceptors (Lipinski definition) is 5. The van der Waals surface area contributed by atoms with Gasteiger partial charge < -0.3 is 20.5 Å². The molecule has 3 aromatic rings. The molecule has 2 amide bonds. The Kier molecular flexibility index (Phi) is 6.49. The maximum atomic E-state index is 13.1. The van der Waals surface area contributed by atoms with E-state index in [0.29, 0.717) is 36.2 Å². The molecular formula is C24H26N4O4. The predicted octanol–water partition coefficient (Wildman–Crippen LogP) is 1.90. The number of carboxylic acid groups (broad SMARTS) is 1. The molecule has 0 aliphatic heterocycles. The average Bonchev–Trinajstić information content (AvgIpc) is 2.81. The lowest BCUT2D eigenvalue weighted by atomic mass is 9.82. The van der Waals surface area contributed by atoms with Crippen LogP contribution in [0.15, 0.2) is 54.9 Å². The summed E-state index contributed by atoms with van der Waals surface area (Å²) in [6.07, 6.45) is 5.58. The largest absolute Gasteiger partial charge is 0.530 e. The molecule has 32 heavy (non-hydrogen) atoms. The van der Waals surface area contributed by atoms with Gasteiger partial charge in [-0.05, 0) is 49.7 Å². The molecule has 2 aromatic heterocycles. The number of nitrogens with zero attached hydrogens (tertiary/aromatic N) is 2. The summed E-state index contributed by atoms with van der Waals surface area (Å²) in [6, 6.07) is 12.8. The van der Waals surface area contributed by atoms with Crippen molar-refractivity contribution in [2.75, 3.05) is 13.1 Å². The van der Waals surface area contributed by atoms with Gasteiger partial charge in [0.15, 0.2) is 0 Å². The zero-order valence-electron chi connectivity index (χ0n) is 17.7. The van der Waals surface area contributed by atoms with Crippen LogP contribution in [0, 0.1) is 11.8 Å². The molecule has 166 valence electrons. The van der Waals surface area contributed by atoms with Gasteiger partial charge in [0.2, 0.25) is 12.4 Å². The van der Waals surface area contributed by atoms with Crippen LogP contribution in [-0.4, -0.2) is 35.3 Å². The fourth-order valence-corrected chi connectivity index (χ4v) is 4.30. The first kappa shape index (κ1) is 21.5. The summed E-state index contributed by atoms with van der Waals surface area (Å²) in [5.41, 5.74) is 2.77. The SMILES string of the molecule is O=C([O-])NC[C@H]1CC[C@H](CNC(=O)c2cc(-c3cc[n+](O)cc3)nc3ccccc23)CC1. The number of para-hydroxylation sites is 1. The van der Waals surface area contributed by atoms with Crippen LogP contribution < -0.4 is 20.5 Å². The summed E-state index contributed by atoms with van der Waals surface area (Å²) in [5, 5.41) is 26.3. The van der Waals surface area contributed by atoms with Gasteiger partial charge in [0.05, 0.1) is 16.8 Å². The van der Waals surface area contributed by atoms with Crippen molar-refractivity contribution in [3.05, 3.63) is 60.4 Å². The van der Waals surface area contributed by atoms with Crippen LogP contribution in [0.25, 0.3) is 22.2 Å². The summed E-state index contributed by atoms with van der Waals surface area (Å²) in [5.74, 6) is 0.564. The first-order valence-corrected chi connectivity index (χ1v) is 10.8. The highest BCUT2D eigenvalue weighted by atomic mass is 16.5. The minimum absolute atomic E-state index is 0.140. The van der Waals surface area contributed by atoms with E-state index in [1.54, 1.807) is 18.2 Å². The Morgan fingerprint density at radius 3 is 2.28 bits per heavy atom. The molecule has 3 N–H and O–H groups in total. The Balaban J connectivity index is 1.45. The van der Waals surface area contributed by atoms with Crippen molar-refractivity contribution in [3.63, 3.8) is 0 Å². The standard InChI is InChI=1S/C24H26N4O4/c29-23(25-14-16-5-7-17(8-6-16)15-26-24(30)31)20-13-22(18-9-11-28(32)12-10-18)27-21-4-2-1-3-19(20)21/h1-4,9-13,16-17,26H,5-8,14-15H2,(H2-,25,27,29,30,31,32)/t16-,17-. The lowest BCUT2D eigenvalue weighted by Crippen LogP contribution is -2.40. The number of amides is 2. The van der Waals surface area contributed by atoms with Crippen LogP contribution >= 0.6 is 0 Å². The first-order valence-electron chi connectivity index (χ1n) is 10.8. The number of rotatable bonds is 6. The van der Waals surface area contributed by atoms with Crippen LogP contribution in [0.1, 0.15) is 36.0 Å². The van der Waals surface area contributed by atoms with E-state index in [0.717, 1.165) is 46.9 Å². The third-order valence-corrected chi connectivity index (χ3v) is 6.12. The van der Waals surface area contributed by atoms with Crippen LogP contribution in [-0.2, 0) is 0 Å². The maximum absolute atomic E-state index is 13.1.